The summed E-state index contributed by atoms with van der Waals surface area (Å²) in [4.78, 5) is 18.1. The minimum Gasteiger partial charge on any atom is -0.369 e. The van der Waals surface area contributed by atoms with E-state index in [4.69, 9.17) is 5.73 Å². The number of carbonyl (C=O) groups excluding carboxylic acids is 1. The summed E-state index contributed by atoms with van der Waals surface area (Å²) in [5, 5.41) is 0.262. The molecular weight excluding hydrogens is 253 g/mol. The Bertz CT molecular complexity index is 553. The molecular formula is C12H12FN3OS. The number of halogens is 1. The molecule has 1 heterocycles. The van der Waals surface area contributed by atoms with Gasteiger partial charge in [-0.05, 0) is 36.8 Å². The summed E-state index contributed by atoms with van der Waals surface area (Å²) in [6, 6.07) is 6.09. The Balaban J connectivity index is 2.15. The van der Waals surface area contributed by atoms with Crippen molar-refractivity contribution in [1.29, 1.82) is 0 Å². The van der Waals surface area contributed by atoms with Crippen LogP contribution in [0.25, 0.3) is 11.3 Å². The molecule has 0 spiro atoms. The predicted octanol–water partition coefficient (Wildman–Crippen LogP) is 2.18. The van der Waals surface area contributed by atoms with Crippen LogP contribution in [0.3, 0.4) is 0 Å². The van der Waals surface area contributed by atoms with Crippen LogP contribution in [-0.2, 0) is 4.79 Å². The van der Waals surface area contributed by atoms with E-state index in [1.807, 2.05) is 0 Å². The van der Waals surface area contributed by atoms with Crippen LogP contribution >= 0.6 is 11.8 Å². The van der Waals surface area contributed by atoms with Gasteiger partial charge < -0.3 is 10.7 Å². The van der Waals surface area contributed by atoms with Gasteiger partial charge in [0.25, 0.3) is 0 Å². The number of nitrogens with one attached hydrogen (secondary N) is 1. The third-order valence-electron chi connectivity index (χ3n) is 2.40. The third kappa shape index (κ3) is 2.89. The molecule has 1 aromatic carbocycles. The van der Waals surface area contributed by atoms with Crippen molar-refractivity contribution in [2.75, 3.05) is 0 Å². The first-order chi connectivity index (χ1) is 8.56. The van der Waals surface area contributed by atoms with Crippen molar-refractivity contribution in [1.82, 2.24) is 9.97 Å². The summed E-state index contributed by atoms with van der Waals surface area (Å²) in [5.74, 6) is -0.671. The number of rotatable bonds is 4. The number of aromatic nitrogens is 2. The predicted molar refractivity (Wildman–Crippen MR) is 68.5 cm³/mol. The molecule has 0 aliphatic rings. The van der Waals surface area contributed by atoms with E-state index in [9.17, 15) is 9.18 Å². The van der Waals surface area contributed by atoms with Gasteiger partial charge in [-0.1, -0.05) is 11.8 Å². The molecule has 2 aromatic rings. The molecule has 1 aromatic heterocycles. The Kier molecular flexibility index (Phi) is 3.66. The number of hydrogen-bond acceptors (Lipinski definition) is 3. The maximum Gasteiger partial charge on any atom is 0.230 e. The van der Waals surface area contributed by atoms with Gasteiger partial charge in [-0.25, -0.2) is 9.37 Å². The highest BCUT2D eigenvalue weighted by molar-refractivity contribution is 8.00. The summed E-state index contributed by atoms with van der Waals surface area (Å²) in [6.07, 6.45) is 1.64. The second-order valence-electron chi connectivity index (χ2n) is 3.77. The quantitative estimate of drug-likeness (QED) is 0.832. The number of benzene rings is 1. The van der Waals surface area contributed by atoms with Crippen molar-refractivity contribution in [2.24, 2.45) is 5.73 Å². The number of nitrogens with two attached hydrogens (primary N) is 1. The number of primary amides is 1. The molecule has 3 N–H and O–H groups in total. The SMILES string of the molecule is C[C@H](Sc1ncc(-c2ccc(F)cc2)[nH]1)C(N)=O. The second-order valence-corrected chi connectivity index (χ2v) is 5.10. The molecule has 1 atom stereocenters. The first kappa shape index (κ1) is 12.6. The van der Waals surface area contributed by atoms with E-state index in [1.54, 1.807) is 25.3 Å². The highest BCUT2D eigenvalue weighted by Gasteiger charge is 2.13. The van der Waals surface area contributed by atoms with E-state index >= 15 is 0 Å². The fourth-order valence-corrected chi connectivity index (χ4v) is 2.10. The lowest BCUT2D eigenvalue weighted by Crippen LogP contribution is -2.22. The zero-order valence-electron chi connectivity index (χ0n) is 9.68. The number of carbonyl (C=O) groups is 1. The van der Waals surface area contributed by atoms with Crippen LogP contribution in [0.15, 0.2) is 35.6 Å². The minimum absolute atomic E-state index is 0.282. The molecule has 94 valence electrons. The van der Waals surface area contributed by atoms with Crippen molar-refractivity contribution < 1.29 is 9.18 Å². The maximum absolute atomic E-state index is 12.8. The summed E-state index contributed by atoms with van der Waals surface area (Å²) < 4.78 is 12.8. The van der Waals surface area contributed by atoms with Gasteiger partial charge in [-0.15, -0.1) is 0 Å². The minimum atomic E-state index is -0.389. The Morgan fingerprint density at radius 2 is 2.11 bits per heavy atom. The van der Waals surface area contributed by atoms with Gasteiger partial charge in [0.15, 0.2) is 5.16 Å². The summed E-state index contributed by atoms with van der Waals surface area (Å²) in [7, 11) is 0. The maximum atomic E-state index is 12.8. The van der Waals surface area contributed by atoms with Gasteiger partial charge in [0, 0.05) is 0 Å². The van der Waals surface area contributed by atoms with Gasteiger partial charge in [-0.2, -0.15) is 0 Å². The molecule has 0 aliphatic heterocycles. The Morgan fingerprint density at radius 1 is 1.44 bits per heavy atom. The zero-order valence-corrected chi connectivity index (χ0v) is 10.5. The summed E-state index contributed by atoms with van der Waals surface area (Å²) >= 11 is 1.26. The number of H-pyrrole nitrogens is 1. The molecule has 0 bridgehead atoms. The Hall–Kier alpha value is -1.82. The zero-order chi connectivity index (χ0) is 13.1. The van der Waals surface area contributed by atoms with Crippen LogP contribution in [0, 0.1) is 5.82 Å². The number of nitrogens with zero attached hydrogens (tertiary/aromatic N) is 1. The lowest BCUT2D eigenvalue weighted by Gasteiger charge is -2.03. The van der Waals surface area contributed by atoms with Gasteiger partial charge in [-0.3, -0.25) is 4.79 Å². The van der Waals surface area contributed by atoms with Crippen molar-refractivity contribution in [3.05, 3.63) is 36.3 Å². The van der Waals surface area contributed by atoms with Crippen molar-refractivity contribution in [3.63, 3.8) is 0 Å². The molecule has 2 rings (SSSR count). The topological polar surface area (TPSA) is 71.8 Å². The number of imidazole rings is 1. The van der Waals surface area contributed by atoms with E-state index in [0.717, 1.165) is 11.3 Å². The standard InChI is InChI=1S/C12H12FN3OS/c1-7(11(14)17)18-12-15-6-10(16-12)8-2-4-9(13)5-3-8/h2-7H,1H3,(H2,14,17)(H,15,16)/t7-/m0/s1. The van der Waals surface area contributed by atoms with Gasteiger partial charge in [0.05, 0.1) is 17.1 Å². The van der Waals surface area contributed by atoms with Crippen LogP contribution in [0.2, 0.25) is 0 Å². The van der Waals surface area contributed by atoms with Crippen molar-refractivity contribution in [3.8, 4) is 11.3 Å². The van der Waals surface area contributed by atoms with Crippen LogP contribution in [0.5, 0.6) is 0 Å². The van der Waals surface area contributed by atoms with E-state index in [1.165, 1.54) is 23.9 Å². The number of aromatic amines is 1. The molecule has 1 amide bonds. The van der Waals surface area contributed by atoms with Crippen LogP contribution in [-0.4, -0.2) is 21.1 Å². The van der Waals surface area contributed by atoms with Crippen LogP contribution in [0.1, 0.15) is 6.92 Å². The Labute approximate surface area is 108 Å². The number of amides is 1. The normalized spacial score (nSPS) is 12.3. The first-order valence-electron chi connectivity index (χ1n) is 5.33. The van der Waals surface area contributed by atoms with Gasteiger partial charge >= 0.3 is 0 Å². The number of hydrogen-bond donors (Lipinski definition) is 2. The molecule has 0 fully saturated rings. The molecule has 0 aliphatic carbocycles. The molecule has 18 heavy (non-hydrogen) atoms. The average Bonchev–Trinajstić information content (AvgIpc) is 2.78. The van der Waals surface area contributed by atoms with E-state index in [2.05, 4.69) is 9.97 Å². The largest absolute Gasteiger partial charge is 0.369 e. The molecule has 4 nitrogen and oxygen atoms in total. The van der Waals surface area contributed by atoms with Crippen molar-refractivity contribution in [2.45, 2.75) is 17.3 Å². The fourth-order valence-electron chi connectivity index (χ4n) is 1.36. The molecule has 0 radical (unpaired) electrons. The molecule has 0 unspecified atom stereocenters. The highest BCUT2D eigenvalue weighted by Crippen LogP contribution is 2.24. The lowest BCUT2D eigenvalue weighted by molar-refractivity contribution is -0.117. The smallest absolute Gasteiger partial charge is 0.230 e. The van der Waals surface area contributed by atoms with E-state index < -0.39 is 0 Å². The average molecular weight is 265 g/mol. The first-order valence-corrected chi connectivity index (χ1v) is 6.21. The summed E-state index contributed by atoms with van der Waals surface area (Å²) in [6.45, 7) is 1.72. The van der Waals surface area contributed by atoms with Crippen molar-refractivity contribution >= 4 is 17.7 Å². The third-order valence-corrected chi connectivity index (χ3v) is 3.41. The molecule has 0 saturated carbocycles. The highest BCUT2D eigenvalue weighted by atomic mass is 32.2. The summed E-state index contributed by atoms with van der Waals surface area (Å²) in [5.41, 5.74) is 6.78. The van der Waals surface area contributed by atoms with Crippen LogP contribution < -0.4 is 5.73 Å². The van der Waals surface area contributed by atoms with Crippen LogP contribution in [0.4, 0.5) is 4.39 Å². The van der Waals surface area contributed by atoms with E-state index in [-0.39, 0.29) is 17.0 Å². The lowest BCUT2D eigenvalue weighted by atomic mass is 10.2. The molecule has 0 saturated heterocycles. The Morgan fingerprint density at radius 3 is 2.72 bits per heavy atom. The monoisotopic (exact) mass is 265 g/mol. The molecule has 6 heteroatoms. The van der Waals surface area contributed by atoms with Gasteiger partial charge in [0.1, 0.15) is 5.82 Å². The van der Waals surface area contributed by atoms with E-state index in [0.29, 0.717) is 5.16 Å². The van der Waals surface area contributed by atoms with Gasteiger partial charge in [0.2, 0.25) is 5.91 Å². The second kappa shape index (κ2) is 5.22. The fraction of sp³-hybridized carbons (Fsp3) is 0.167. The number of thioether (sulfide) groups is 1.